The minimum absolute atomic E-state index is 0.198. The van der Waals surface area contributed by atoms with Crippen molar-refractivity contribution in [1.82, 2.24) is 5.12 Å². The lowest BCUT2D eigenvalue weighted by Gasteiger charge is -2.10. The van der Waals surface area contributed by atoms with E-state index in [2.05, 4.69) is 0 Å². The van der Waals surface area contributed by atoms with E-state index in [1.807, 2.05) is 0 Å². The third kappa shape index (κ3) is 4.72. The summed E-state index contributed by atoms with van der Waals surface area (Å²) in [7, 11) is 0. The molecule has 0 aliphatic heterocycles. The number of hydrogen-bond donors (Lipinski definition) is 1. The first kappa shape index (κ1) is 10.4. The van der Waals surface area contributed by atoms with E-state index in [-0.39, 0.29) is 6.54 Å². The van der Waals surface area contributed by atoms with Gasteiger partial charge in [0.15, 0.2) is 0 Å². The van der Waals surface area contributed by atoms with Crippen molar-refractivity contribution >= 4 is 5.97 Å². The number of carbonyl (C=O) groups is 1. The Bertz CT molecular complexity index is 130. The zero-order chi connectivity index (χ0) is 8.85. The molecule has 0 radical (unpaired) electrons. The van der Waals surface area contributed by atoms with Crippen LogP contribution in [-0.2, 0) is 4.79 Å². The van der Waals surface area contributed by atoms with E-state index in [1.165, 1.54) is 0 Å². The summed E-state index contributed by atoms with van der Waals surface area (Å²) in [6.45, 7) is 3.77. The minimum atomic E-state index is -0.866. The number of carboxylic acid groups (broad SMARTS) is 1. The first-order valence-corrected chi connectivity index (χ1v) is 3.71. The van der Waals surface area contributed by atoms with Crippen LogP contribution in [0.15, 0.2) is 0 Å². The molecule has 0 rings (SSSR count). The molecule has 4 heteroatoms. The predicted molar refractivity (Wildman–Crippen MR) is 39.8 cm³/mol. The minimum Gasteiger partial charge on any atom is -0.481 e. The maximum Gasteiger partial charge on any atom is 0.306 e. The number of nitrogens with zero attached hydrogens (tertiary/aromatic N) is 1. The van der Waals surface area contributed by atoms with Gasteiger partial charge in [-0.05, 0) is 13.3 Å². The molecular weight excluding hydrogens is 149 g/mol. The summed E-state index contributed by atoms with van der Waals surface area (Å²) in [6.07, 6.45) is 0.361. The Morgan fingerprint density at radius 3 is 2.64 bits per heavy atom. The fourth-order valence-corrected chi connectivity index (χ4v) is 0.615. The van der Waals surface area contributed by atoms with Crippen LogP contribution in [-0.4, -0.2) is 29.3 Å². The molecule has 1 atom stereocenters. The van der Waals surface area contributed by atoms with Crippen LogP contribution in [0.5, 0.6) is 0 Å². The summed E-state index contributed by atoms with van der Waals surface area (Å²) in [4.78, 5) is 10.3. The Morgan fingerprint density at radius 1 is 1.73 bits per heavy atom. The average molecular weight is 163 g/mol. The molecule has 0 saturated heterocycles. The molecule has 0 spiro atoms. The van der Waals surface area contributed by atoms with Crippen molar-refractivity contribution < 1.29 is 14.4 Å². The van der Waals surface area contributed by atoms with Crippen molar-refractivity contribution in [2.75, 3.05) is 13.1 Å². The lowest BCUT2D eigenvalue weighted by Crippen LogP contribution is -2.19. The van der Waals surface area contributed by atoms with Crippen LogP contribution < -0.4 is 0 Å². The highest BCUT2D eigenvalue weighted by atomic mass is 19.2. The van der Waals surface area contributed by atoms with Gasteiger partial charge in [0.25, 0.3) is 0 Å². The van der Waals surface area contributed by atoms with Gasteiger partial charge in [-0.15, -0.1) is 9.60 Å². The molecule has 0 heterocycles. The normalized spacial score (nSPS) is 13.5. The highest BCUT2D eigenvalue weighted by Crippen LogP contribution is 2.03. The third-order valence-corrected chi connectivity index (χ3v) is 1.57. The van der Waals surface area contributed by atoms with Gasteiger partial charge in [-0.2, -0.15) is 0 Å². The van der Waals surface area contributed by atoms with Gasteiger partial charge in [0.05, 0.1) is 5.92 Å². The molecular formula is C7H14FNO2. The first-order chi connectivity index (χ1) is 5.07. The van der Waals surface area contributed by atoms with E-state index in [0.29, 0.717) is 18.1 Å². The summed E-state index contributed by atoms with van der Waals surface area (Å²) < 4.78 is 12.4. The second kappa shape index (κ2) is 5.07. The molecule has 0 aliphatic rings. The van der Waals surface area contributed by atoms with Gasteiger partial charge < -0.3 is 5.11 Å². The molecule has 1 unspecified atom stereocenters. The smallest absolute Gasteiger partial charge is 0.306 e. The van der Waals surface area contributed by atoms with Crippen LogP contribution >= 0.6 is 0 Å². The summed E-state index contributed by atoms with van der Waals surface area (Å²) in [5.41, 5.74) is 0. The number of hydrogen-bond acceptors (Lipinski definition) is 2. The lowest BCUT2D eigenvalue weighted by molar-refractivity contribution is -0.141. The molecule has 66 valence electrons. The summed E-state index contributed by atoms with van der Waals surface area (Å²) in [5.74, 6) is -1.32. The average Bonchev–Trinajstić information content (AvgIpc) is 1.99. The second-order valence-electron chi connectivity index (χ2n) is 2.53. The zero-order valence-corrected chi connectivity index (χ0v) is 6.88. The molecule has 3 nitrogen and oxygen atoms in total. The van der Waals surface area contributed by atoms with Crippen molar-refractivity contribution in [3.8, 4) is 0 Å². The van der Waals surface area contributed by atoms with Crippen LogP contribution in [0, 0.1) is 5.92 Å². The van der Waals surface area contributed by atoms with E-state index < -0.39 is 11.9 Å². The van der Waals surface area contributed by atoms with Gasteiger partial charge in [0.1, 0.15) is 0 Å². The fraction of sp³-hybridized carbons (Fsp3) is 0.857. The molecule has 0 fully saturated rings. The quantitative estimate of drug-likeness (QED) is 0.621. The summed E-state index contributed by atoms with van der Waals surface area (Å²) in [6, 6.07) is 0. The van der Waals surface area contributed by atoms with Crippen LogP contribution in [0.1, 0.15) is 20.3 Å². The SMILES string of the molecule is CCN(F)CCC(C)C(=O)O. The first-order valence-electron chi connectivity index (χ1n) is 3.71. The Labute approximate surface area is 65.7 Å². The van der Waals surface area contributed by atoms with E-state index in [9.17, 15) is 9.28 Å². The van der Waals surface area contributed by atoms with Crippen LogP contribution in [0.25, 0.3) is 0 Å². The standard InChI is InChI=1S/C7H14FNO2/c1-3-9(8)5-4-6(2)7(10)11/h6H,3-5H2,1-2H3,(H,10,11). The highest BCUT2D eigenvalue weighted by molar-refractivity contribution is 5.69. The summed E-state index contributed by atoms with van der Waals surface area (Å²) in [5, 5.41) is 9.04. The fourth-order valence-electron chi connectivity index (χ4n) is 0.615. The lowest BCUT2D eigenvalue weighted by atomic mass is 10.1. The predicted octanol–water partition coefficient (Wildman–Crippen LogP) is 1.30. The number of halogens is 1. The van der Waals surface area contributed by atoms with Crippen molar-refractivity contribution in [2.24, 2.45) is 5.92 Å². The Balaban J connectivity index is 3.45. The van der Waals surface area contributed by atoms with Crippen molar-refractivity contribution in [1.29, 1.82) is 0 Å². The Hall–Kier alpha value is -0.640. The molecule has 0 aromatic carbocycles. The van der Waals surface area contributed by atoms with Crippen molar-refractivity contribution in [2.45, 2.75) is 20.3 Å². The van der Waals surface area contributed by atoms with E-state index in [4.69, 9.17) is 5.11 Å². The van der Waals surface area contributed by atoms with Crippen molar-refractivity contribution in [3.63, 3.8) is 0 Å². The number of aliphatic carboxylic acids is 1. The van der Waals surface area contributed by atoms with Gasteiger partial charge in [0.2, 0.25) is 0 Å². The molecule has 0 aliphatic carbocycles. The van der Waals surface area contributed by atoms with E-state index in [0.717, 1.165) is 0 Å². The molecule has 0 bridgehead atoms. The van der Waals surface area contributed by atoms with Gasteiger partial charge in [0, 0.05) is 13.1 Å². The molecule has 0 aromatic heterocycles. The molecule has 11 heavy (non-hydrogen) atoms. The van der Waals surface area contributed by atoms with E-state index >= 15 is 0 Å². The van der Waals surface area contributed by atoms with Gasteiger partial charge in [-0.3, -0.25) is 4.79 Å². The largest absolute Gasteiger partial charge is 0.481 e. The molecule has 0 aromatic rings. The van der Waals surface area contributed by atoms with Gasteiger partial charge in [-0.1, -0.05) is 6.92 Å². The Morgan fingerprint density at radius 2 is 2.27 bits per heavy atom. The summed E-state index contributed by atoms with van der Waals surface area (Å²) >= 11 is 0. The monoisotopic (exact) mass is 163 g/mol. The van der Waals surface area contributed by atoms with Crippen LogP contribution in [0.2, 0.25) is 0 Å². The van der Waals surface area contributed by atoms with E-state index in [1.54, 1.807) is 13.8 Å². The number of carboxylic acids is 1. The second-order valence-corrected chi connectivity index (χ2v) is 2.53. The van der Waals surface area contributed by atoms with Crippen LogP contribution in [0.4, 0.5) is 4.48 Å². The Kier molecular flexibility index (Phi) is 4.77. The van der Waals surface area contributed by atoms with Crippen molar-refractivity contribution in [3.05, 3.63) is 0 Å². The topological polar surface area (TPSA) is 40.5 Å². The molecule has 1 N–H and O–H groups in total. The van der Waals surface area contributed by atoms with Gasteiger partial charge in [-0.25, -0.2) is 0 Å². The molecule has 0 saturated carbocycles. The zero-order valence-electron chi connectivity index (χ0n) is 6.88. The van der Waals surface area contributed by atoms with Crippen LogP contribution in [0.3, 0.4) is 0 Å². The number of rotatable bonds is 5. The third-order valence-electron chi connectivity index (χ3n) is 1.57. The maximum atomic E-state index is 12.4. The van der Waals surface area contributed by atoms with Gasteiger partial charge >= 0.3 is 5.97 Å². The highest BCUT2D eigenvalue weighted by Gasteiger charge is 2.11. The molecule has 0 amide bonds. The maximum absolute atomic E-state index is 12.4.